The van der Waals surface area contributed by atoms with Crippen LogP contribution in [0.3, 0.4) is 0 Å². The van der Waals surface area contributed by atoms with E-state index >= 15 is 0 Å². The average Bonchev–Trinajstić information content (AvgIpc) is 3.38. The minimum atomic E-state index is -4.21. The second-order valence-electron chi connectivity index (χ2n) is 9.15. The highest BCUT2D eigenvalue weighted by Crippen LogP contribution is 2.30. The molecule has 0 saturated carbocycles. The van der Waals surface area contributed by atoms with Crippen molar-refractivity contribution >= 4 is 22.8 Å². The van der Waals surface area contributed by atoms with Crippen molar-refractivity contribution in [2.45, 2.75) is 38.8 Å². The van der Waals surface area contributed by atoms with Gasteiger partial charge in [0.2, 0.25) is 0 Å². The summed E-state index contributed by atoms with van der Waals surface area (Å²) in [5.41, 5.74) is 1.81. The van der Waals surface area contributed by atoms with Crippen LogP contribution in [-0.2, 0) is 29.1 Å². The molecule has 0 radical (unpaired) electrons. The van der Waals surface area contributed by atoms with Crippen LogP contribution in [0, 0.1) is 0 Å². The Hall–Kier alpha value is -3.75. The fraction of sp³-hybridized carbons (Fsp3) is 0.393. The van der Waals surface area contributed by atoms with E-state index in [0.717, 1.165) is 4.90 Å². The molecule has 0 bridgehead atoms. The molecule has 1 aliphatic heterocycles. The lowest BCUT2D eigenvalue weighted by Crippen LogP contribution is -2.45. The van der Waals surface area contributed by atoms with Gasteiger partial charge in [-0.25, -0.2) is 9.13 Å². The third kappa shape index (κ3) is 6.14. The number of aliphatic hydroxyl groups is 2. The fourth-order valence-corrected chi connectivity index (χ4v) is 4.62. The van der Waals surface area contributed by atoms with Gasteiger partial charge in [-0.2, -0.15) is 8.78 Å². The fourth-order valence-electron chi connectivity index (χ4n) is 4.62. The number of imide groups is 1. The van der Waals surface area contributed by atoms with Gasteiger partial charge in [-0.1, -0.05) is 18.7 Å². The van der Waals surface area contributed by atoms with Crippen LogP contribution in [0.5, 0.6) is 5.75 Å². The van der Waals surface area contributed by atoms with Gasteiger partial charge in [0.1, 0.15) is 18.8 Å². The maximum absolute atomic E-state index is 13.9. The monoisotopic (exact) mass is 575 g/mol. The SMILES string of the molecule is C=C(Oc1ccc2c(c1)n(CC)c(CN1C(=O)c3ccccc3C1=O)[n+]2CCOCCOCCO)C(F)(F)C([O-])O. The number of aryl methyl sites for hydroxylation is 1. The van der Waals surface area contributed by atoms with Crippen molar-refractivity contribution in [2.24, 2.45) is 0 Å². The first kappa shape index (κ1) is 30.2. The minimum Gasteiger partial charge on any atom is -0.827 e. The predicted octanol–water partition coefficient (Wildman–Crippen LogP) is 0.977. The molecule has 0 aliphatic carbocycles. The number of carbonyl (C=O) groups excluding carboxylic acids is 2. The zero-order chi connectivity index (χ0) is 29.7. The van der Waals surface area contributed by atoms with Gasteiger partial charge in [0.05, 0.1) is 57.0 Å². The lowest BCUT2D eigenvalue weighted by Gasteiger charge is -2.27. The molecular formula is C28H31F2N3O8. The summed E-state index contributed by atoms with van der Waals surface area (Å²) in [6.07, 6.45) is -3.24. The van der Waals surface area contributed by atoms with E-state index in [0.29, 0.717) is 41.1 Å². The van der Waals surface area contributed by atoms with Crippen molar-refractivity contribution in [1.29, 1.82) is 0 Å². The Kier molecular flexibility index (Phi) is 9.46. The largest absolute Gasteiger partial charge is 0.827 e. The second-order valence-corrected chi connectivity index (χ2v) is 9.15. The van der Waals surface area contributed by atoms with Crippen LogP contribution in [0.25, 0.3) is 11.0 Å². The van der Waals surface area contributed by atoms with Gasteiger partial charge in [0.25, 0.3) is 17.6 Å². The van der Waals surface area contributed by atoms with Crippen LogP contribution in [0.1, 0.15) is 33.5 Å². The molecule has 2 aromatic carbocycles. The summed E-state index contributed by atoms with van der Waals surface area (Å²) in [5.74, 6) is -5.75. The summed E-state index contributed by atoms with van der Waals surface area (Å²) in [4.78, 5) is 27.4. The highest BCUT2D eigenvalue weighted by molar-refractivity contribution is 6.21. The first-order valence-corrected chi connectivity index (χ1v) is 13.0. The van der Waals surface area contributed by atoms with E-state index in [2.05, 4.69) is 6.58 Å². The lowest BCUT2D eigenvalue weighted by molar-refractivity contribution is -0.682. The molecule has 220 valence electrons. The summed E-state index contributed by atoms with van der Waals surface area (Å²) in [5, 5.41) is 28.7. The van der Waals surface area contributed by atoms with Crippen molar-refractivity contribution in [3.63, 3.8) is 0 Å². The van der Waals surface area contributed by atoms with Gasteiger partial charge in [-0.15, -0.1) is 0 Å². The molecule has 41 heavy (non-hydrogen) atoms. The van der Waals surface area contributed by atoms with Crippen LogP contribution >= 0.6 is 0 Å². The van der Waals surface area contributed by atoms with E-state index in [1.54, 1.807) is 30.3 Å². The summed E-state index contributed by atoms with van der Waals surface area (Å²) in [6, 6.07) is 11.1. The maximum Gasteiger partial charge on any atom is 0.314 e. The Labute approximate surface area is 234 Å². The number of imidazole rings is 1. The summed E-state index contributed by atoms with van der Waals surface area (Å²) in [7, 11) is 0. The van der Waals surface area contributed by atoms with E-state index in [1.807, 2.05) is 16.1 Å². The van der Waals surface area contributed by atoms with Gasteiger partial charge >= 0.3 is 5.92 Å². The van der Waals surface area contributed by atoms with E-state index in [4.69, 9.17) is 24.4 Å². The first-order chi connectivity index (χ1) is 19.6. The van der Waals surface area contributed by atoms with Crippen molar-refractivity contribution in [1.82, 2.24) is 9.47 Å². The minimum absolute atomic E-state index is 0.0493. The Morgan fingerprint density at radius 2 is 1.71 bits per heavy atom. The number of aliphatic hydroxyl groups excluding tert-OH is 2. The smallest absolute Gasteiger partial charge is 0.314 e. The Balaban J connectivity index is 1.67. The molecule has 1 atom stereocenters. The Bertz CT molecular complexity index is 1400. The standard InChI is InChI=1S/C28H31F2N3O8/c1-3-31-23-16-19(41-18(2)28(29,30)27(37)38)8-9-22(23)32(10-12-39-14-15-40-13-11-34)24(31)17-33-25(35)20-6-4-5-7-21(20)26(33)36/h4-9,16,27,34,37H,2-3,10-15,17H2,1H3. The normalized spacial score (nSPS) is 14.1. The number of benzene rings is 2. The van der Waals surface area contributed by atoms with Crippen LogP contribution in [0.2, 0.25) is 0 Å². The van der Waals surface area contributed by atoms with E-state index in [1.165, 1.54) is 12.1 Å². The molecule has 13 heteroatoms. The number of nitrogens with zero attached hydrogens (tertiary/aromatic N) is 3. The molecule has 1 aliphatic rings. The van der Waals surface area contributed by atoms with E-state index in [-0.39, 0.29) is 45.3 Å². The van der Waals surface area contributed by atoms with Crippen LogP contribution in [0.4, 0.5) is 8.78 Å². The zero-order valence-electron chi connectivity index (χ0n) is 22.4. The molecule has 1 unspecified atom stereocenters. The van der Waals surface area contributed by atoms with Crippen LogP contribution in [-0.4, -0.2) is 76.7 Å². The van der Waals surface area contributed by atoms with E-state index in [9.17, 15) is 23.5 Å². The topological polar surface area (TPSA) is 137 Å². The molecule has 11 nitrogen and oxygen atoms in total. The average molecular weight is 576 g/mol. The number of amides is 2. The summed E-state index contributed by atoms with van der Waals surface area (Å²) >= 11 is 0. The number of ether oxygens (including phenoxy) is 3. The number of alkyl halides is 2. The number of carbonyl (C=O) groups is 2. The maximum atomic E-state index is 13.9. The molecule has 2 amide bonds. The van der Waals surface area contributed by atoms with Gasteiger partial charge in [-0.3, -0.25) is 14.5 Å². The zero-order valence-corrected chi connectivity index (χ0v) is 22.4. The highest BCUT2D eigenvalue weighted by atomic mass is 19.3. The van der Waals surface area contributed by atoms with Crippen molar-refractivity contribution in [3.05, 3.63) is 71.8 Å². The second kappa shape index (κ2) is 12.8. The number of fused-ring (bicyclic) bond motifs is 2. The summed E-state index contributed by atoms with van der Waals surface area (Å²) in [6.45, 7) is 6.49. The molecule has 1 aromatic heterocycles. The predicted molar refractivity (Wildman–Crippen MR) is 138 cm³/mol. The number of hydrogen-bond donors (Lipinski definition) is 2. The lowest BCUT2D eigenvalue weighted by atomic mass is 10.1. The van der Waals surface area contributed by atoms with Gasteiger partial charge in [0.15, 0.2) is 16.8 Å². The molecule has 0 saturated heterocycles. The molecule has 0 fully saturated rings. The number of aromatic nitrogens is 2. The third-order valence-electron chi connectivity index (χ3n) is 6.64. The quantitative estimate of drug-likeness (QED) is 0.0900. The Morgan fingerprint density at radius 1 is 1.07 bits per heavy atom. The molecule has 4 rings (SSSR count). The number of rotatable bonds is 15. The summed E-state index contributed by atoms with van der Waals surface area (Å²) < 4.78 is 47.6. The first-order valence-electron chi connectivity index (χ1n) is 13.0. The molecule has 2 N–H and O–H groups in total. The molecule has 2 heterocycles. The van der Waals surface area contributed by atoms with Gasteiger partial charge in [-0.05, 0) is 31.2 Å². The molecule has 0 spiro atoms. The van der Waals surface area contributed by atoms with Crippen molar-refractivity contribution in [2.75, 3.05) is 33.0 Å². The number of halogens is 2. The van der Waals surface area contributed by atoms with Crippen LogP contribution in [0.15, 0.2) is 54.8 Å². The molecule has 3 aromatic rings. The van der Waals surface area contributed by atoms with Crippen LogP contribution < -0.4 is 14.4 Å². The van der Waals surface area contributed by atoms with Gasteiger partial charge in [0, 0.05) is 6.07 Å². The third-order valence-corrected chi connectivity index (χ3v) is 6.64. The van der Waals surface area contributed by atoms with Crippen molar-refractivity contribution < 1.29 is 52.5 Å². The Morgan fingerprint density at radius 3 is 2.29 bits per heavy atom. The number of hydrogen-bond acceptors (Lipinski definition) is 8. The highest BCUT2D eigenvalue weighted by Gasteiger charge is 2.39. The molecular weight excluding hydrogens is 544 g/mol. The van der Waals surface area contributed by atoms with E-state index < -0.39 is 29.8 Å². The van der Waals surface area contributed by atoms with Crippen molar-refractivity contribution in [3.8, 4) is 5.75 Å². The van der Waals surface area contributed by atoms with Gasteiger partial charge < -0.3 is 29.5 Å².